The van der Waals surface area contributed by atoms with Crippen LogP contribution in [0, 0.1) is 6.92 Å². The third-order valence-electron chi connectivity index (χ3n) is 2.64. The Hall–Kier alpha value is -1.67. The molecular weight excluding hydrogens is 356 g/mol. The van der Waals surface area contributed by atoms with E-state index in [1.165, 1.54) is 12.4 Å². The van der Waals surface area contributed by atoms with Gasteiger partial charge in [0.05, 0.1) is 18.1 Å². The molecule has 0 aliphatic rings. The van der Waals surface area contributed by atoms with Crippen LogP contribution in [0.15, 0.2) is 40.0 Å². The lowest BCUT2D eigenvalue weighted by Gasteiger charge is -2.10. The van der Waals surface area contributed by atoms with Crippen LogP contribution >= 0.6 is 15.9 Å². The standard InChI is InChI=1S/C13H15BrN4O2S/c1-3-15-13-16-7-10(8-17-13)21(19,20)18-12-5-4-9(2)6-11(12)14/h4-8,18H,3H2,1-2H3,(H,15,16,17). The third kappa shape index (κ3) is 3.92. The summed E-state index contributed by atoms with van der Waals surface area (Å²) in [4.78, 5) is 7.93. The van der Waals surface area contributed by atoms with E-state index >= 15 is 0 Å². The Morgan fingerprint density at radius 3 is 2.48 bits per heavy atom. The molecule has 1 aromatic heterocycles. The topological polar surface area (TPSA) is 84.0 Å². The van der Waals surface area contributed by atoms with Crippen LogP contribution < -0.4 is 10.0 Å². The third-order valence-corrected chi connectivity index (χ3v) is 4.62. The summed E-state index contributed by atoms with van der Waals surface area (Å²) < 4.78 is 27.7. The molecule has 6 nitrogen and oxygen atoms in total. The molecule has 0 atom stereocenters. The molecular formula is C13H15BrN4O2S. The minimum Gasteiger partial charge on any atom is -0.355 e. The first-order valence-electron chi connectivity index (χ1n) is 6.27. The molecule has 0 radical (unpaired) electrons. The summed E-state index contributed by atoms with van der Waals surface area (Å²) in [6.45, 7) is 4.50. The fraction of sp³-hybridized carbons (Fsp3) is 0.231. The number of nitrogens with one attached hydrogen (secondary N) is 2. The van der Waals surface area contributed by atoms with E-state index in [0.29, 0.717) is 22.7 Å². The Bertz CT molecular complexity index is 732. The van der Waals surface area contributed by atoms with Gasteiger partial charge in [0, 0.05) is 11.0 Å². The lowest BCUT2D eigenvalue weighted by molar-refractivity contribution is 0.600. The van der Waals surface area contributed by atoms with Crippen molar-refractivity contribution in [3.05, 3.63) is 40.6 Å². The Morgan fingerprint density at radius 1 is 1.24 bits per heavy atom. The average Bonchev–Trinajstić information content (AvgIpc) is 2.43. The van der Waals surface area contributed by atoms with Gasteiger partial charge >= 0.3 is 0 Å². The zero-order chi connectivity index (χ0) is 15.5. The monoisotopic (exact) mass is 370 g/mol. The molecule has 2 rings (SSSR count). The van der Waals surface area contributed by atoms with Gasteiger partial charge in [0.15, 0.2) is 0 Å². The highest BCUT2D eigenvalue weighted by Crippen LogP contribution is 2.25. The van der Waals surface area contributed by atoms with Gasteiger partial charge in [-0.1, -0.05) is 6.07 Å². The molecule has 0 saturated heterocycles. The maximum Gasteiger partial charge on any atom is 0.265 e. The second kappa shape index (κ2) is 6.40. The first kappa shape index (κ1) is 15.7. The van der Waals surface area contributed by atoms with Crippen LogP contribution in [0.1, 0.15) is 12.5 Å². The summed E-state index contributed by atoms with van der Waals surface area (Å²) in [7, 11) is -3.71. The zero-order valence-corrected chi connectivity index (χ0v) is 14.0. The molecule has 1 heterocycles. The molecule has 8 heteroatoms. The SMILES string of the molecule is CCNc1ncc(S(=O)(=O)Nc2ccc(C)cc2Br)cn1. The highest BCUT2D eigenvalue weighted by atomic mass is 79.9. The molecule has 0 aliphatic carbocycles. The van der Waals surface area contributed by atoms with Gasteiger partial charge in [-0.2, -0.15) is 0 Å². The number of aromatic nitrogens is 2. The second-order valence-corrected chi connectivity index (χ2v) is 6.90. The highest BCUT2D eigenvalue weighted by Gasteiger charge is 2.16. The number of nitrogens with zero attached hydrogens (tertiary/aromatic N) is 2. The first-order chi connectivity index (χ1) is 9.92. The quantitative estimate of drug-likeness (QED) is 0.845. The van der Waals surface area contributed by atoms with Crippen LogP contribution in [-0.2, 0) is 10.0 Å². The lowest BCUT2D eigenvalue weighted by Crippen LogP contribution is -2.14. The van der Waals surface area contributed by atoms with Crippen molar-refractivity contribution in [3.8, 4) is 0 Å². The fourth-order valence-corrected chi connectivity index (χ4v) is 3.30. The average molecular weight is 371 g/mol. The van der Waals surface area contributed by atoms with E-state index in [4.69, 9.17) is 0 Å². The Morgan fingerprint density at radius 2 is 1.90 bits per heavy atom. The van der Waals surface area contributed by atoms with Crippen LogP contribution in [-0.4, -0.2) is 24.9 Å². The number of sulfonamides is 1. The van der Waals surface area contributed by atoms with Crippen molar-refractivity contribution in [2.45, 2.75) is 18.7 Å². The molecule has 0 aliphatic heterocycles. The molecule has 112 valence electrons. The van der Waals surface area contributed by atoms with Crippen molar-refractivity contribution in [2.24, 2.45) is 0 Å². The fourth-order valence-electron chi connectivity index (χ4n) is 1.61. The molecule has 1 aromatic carbocycles. The molecule has 0 spiro atoms. The van der Waals surface area contributed by atoms with Crippen molar-refractivity contribution < 1.29 is 8.42 Å². The highest BCUT2D eigenvalue weighted by molar-refractivity contribution is 9.10. The largest absolute Gasteiger partial charge is 0.355 e. The lowest BCUT2D eigenvalue weighted by atomic mass is 10.2. The van der Waals surface area contributed by atoms with E-state index in [1.54, 1.807) is 6.07 Å². The predicted molar refractivity (Wildman–Crippen MR) is 85.9 cm³/mol. The molecule has 0 fully saturated rings. The summed E-state index contributed by atoms with van der Waals surface area (Å²) in [6.07, 6.45) is 2.55. The summed E-state index contributed by atoms with van der Waals surface area (Å²) in [5.74, 6) is 0.396. The number of hydrogen-bond acceptors (Lipinski definition) is 5. The maximum atomic E-state index is 12.3. The summed E-state index contributed by atoms with van der Waals surface area (Å²) >= 11 is 3.34. The molecule has 0 saturated carbocycles. The van der Waals surface area contributed by atoms with Crippen LogP contribution in [0.25, 0.3) is 0 Å². The number of halogens is 1. The molecule has 2 N–H and O–H groups in total. The molecule has 0 amide bonds. The van der Waals surface area contributed by atoms with E-state index in [1.807, 2.05) is 26.0 Å². The number of benzene rings is 1. The molecule has 21 heavy (non-hydrogen) atoms. The summed E-state index contributed by atoms with van der Waals surface area (Å²) in [6, 6.07) is 5.36. The van der Waals surface area contributed by atoms with Gasteiger partial charge < -0.3 is 5.32 Å². The van der Waals surface area contributed by atoms with Gasteiger partial charge in [0.2, 0.25) is 5.95 Å². The minimum atomic E-state index is -3.71. The van der Waals surface area contributed by atoms with Gasteiger partial charge in [-0.05, 0) is 47.5 Å². The van der Waals surface area contributed by atoms with E-state index in [9.17, 15) is 8.42 Å². The summed E-state index contributed by atoms with van der Waals surface area (Å²) in [5.41, 5.74) is 1.50. The minimum absolute atomic E-state index is 0.0108. The van der Waals surface area contributed by atoms with Gasteiger partial charge in [-0.3, -0.25) is 4.72 Å². The predicted octanol–water partition coefficient (Wildman–Crippen LogP) is 2.78. The number of aryl methyl sites for hydroxylation is 1. The Balaban J connectivity index is 2.25. The van der Waals surface area contributed by atoms with Gasteiger partial charge in [-0.25, -0.2) is 18.4 Å². The molecule has 0 bridgehead atoms. The van der Waals surface area contributed by atoms with Crippen molar-refractivity contribution in [3.63, 3.8) is 0 Å². The van der Waals surface area contributed by atoms with Gasteiger partial charge in [0.25, 0.3) is 10.0 Å². The van der Waals surface area contributed by atoms with E-state index < -0.39 is 10.0 Å². The van der Waals surface area contributed by atoms with Crippen molar-refractivity contribution in [1.82, 2.24) is 9.97 Å². The van der Waals surface area contributed by atoms with E-state index in [-0.39, 0.29) is 4.90 Å². The zero-order valence-electron chi connectivity index (χ0n) is 11.6. The Labute approximate surface area is 132 Å². The molecule has 0 unspecified atom stereocenters. The van der Waals surface area contributed by atoms with Crippen LogP contribution in [0.5, 0.6) is 0 Å². The normalized spacial score (nSPS) is 11.2. The Kier molecular flexibility index (Phi) is 4.79. The number of rotatable bonds is 5. The first-order valence-corrected chi connectivity index (χ1v) is 8.55. The van der Waals surface area contributed by atoms with Crippen LogP contribution in [0.2, 0.25) is 0 Å². The van der Waals surface area contributed by atoms with Crippen molar-refractivity contribution in [2.75, 3.05) is 16.6 Å². The smallest absolute Gasteiger partial charge is 0.265 e. The van der Waals surface area contributed by atoms with Crippen molar-refractivity contribution in [1.29, 1.82) is 0 Å². The van der Waals surface area contributed by atoms with Crippen molar-refractivity contribution >= 4 is 37.6 Å². The van der Waals surface area contributed by atoms with Crippen LogP contribution in [0.3, 0.4) is 0 Å². The number of hydrogen-bond donors (Lipinski definition) is 2. The summed E-state index contributed by atoms with van der Waals surface area (Å²) in [5, 5.41) is 2.91. The maximum absolute atomic E-state index is 12.3. The van der Waals surface area contributed by atoms with E-state index in [0.717, 1.165) is 5.56 Å². The van der Waals surface area contributed by atoms with E-state index in [2.05, 4.69) is 35.9 Å². The van der Waals surface area contributed by atoms with Crippen LogP contribution in [0.4, 0.5) is 11.6 Å². The number of anilines is 2. The van der Waals surface area contributed by atoms with Gasteiger partial charge in [0.1, 0.15) is 4.90 Å². The second-order valence-electron chi connectivity index (χ2n) is 4.36. The molecule has 2 aromatic rings. The van der Waals surface area contributed by atoms with Gasteiger partial charge in [-0.15, -0.1) is 0 Å².